The quantitative estimate of drug-likeness (QED) is 0.343. The number of nitrogens with two attached hydrogens (primary N) is 1. The first-order valence-electron chi connectivity index (χ1n) is 5.73. The average molecular weight is 238 g/mol. The van der Waals surface area contributed by atoms with E-state index in [1.807, 2.05) is 29.8 Å². The van der Waals surface area contributed by atoms with Crippen LogP contribution in [0.25, 0.3) is 0 Å². The number of nitrogens with one attached hydrogen (secondary N) is 1. The van der Waals surface area contributed by atoms with Gasteiger partial charge in [0.2, 0.25) is 5.96 Å². The number of hydrazine groups is 1. The van der Waals surface area contributed by atoms with Gasteiger partial charge < -0.3 is 9.47 Å². The van der Waals surface area contributed by atoms with Gasteiger partial charge in [-0.2, -0.15) is 0 Å². The first-order chi connectivity index (χ1) is 8.04. The SMILES string of the molecule is CC(C)CN=C(NN)N(C)Cc1nccn1C. The second kappa shape index (κ2) is 6.24. The van der Waals surface area contributed by atoms with E-state index in [4.69, 9.17) is 5.84 Å². The molecule has 0 aliphatic heterocycles. The third-order valence-corrected chi connectivity index (χ3v) is 2.40. The molecule has 6 nitrogen and oxygen atoms in total. The molecule has 0 amide bonds. The van der Waals surface area contributed by atoms with Crippen molar-refractivity contribution in [1.82, 2.24) is 19.9 Å². The smallest absolute Gasteiger partial charge is 0.208 e. The van der Waals surface area contributed by atoms with Gasteiger partial charge in [-0.25, -0.2) is 10.8 Å². The fourth-order valence-electron chi connectivity index (χ4n) is 1.38. The molecule has 1 rings (SSSR count). The zero-order valence-electron chi connectivity index (χ0n) is 11.0. The molecule has 96 valence electrons. The van der Waals surface area contributed by atoms with Crippen LogP contribution in [0, 0.1) is 5.92 Å². The molecule has 0 saturated heterocycles. The highest BCUT2D eigenvalue weighted by atomic mass is 15.4. The first-order valence-corrected chi connectivity index (χ1v) is 5.73. The van der Waals surface area contributed by atoms with E-state index in [-0.39, 0.29) is 0 Å². The maximum absolute atomic E-state index is 5.48. The standard InChI is InChI=1S/C11H22N6/c1-9(2)7-14-11(15-12)17(4)8-10-13-5-6-16(10)3/h5-6,9H,7-8,12H2,1-4H3,(H,14,15). The van der Waals surface area contributed by atoms with Crippen molar-refractivity contribution in [2.75, 3.05) is 13.6 Å². The molecule has 6 heteroatoms. The van der Waals surface area contributed by atoms with E-state index < -0.39 is 0 Å². The zero-order chi connectivity index (χ0) is 12.8. The molecule has 17 heavy (non-hydrogen) atoms. The Morgan fingerprint density at radius 1 is 1.65 bits per heavy atom. The molecule has 0 bridgehead atoms. The van der Waals surface area contributed by atoms with Crippen molar-refractivity contribution in [3.8, 4) is 0 Å². The molecule has 0 aliphatic rings. The minimum absolute atomic E-state index is 0.514. The topological polar surface area (TPSA) is 71.5 Å². The molecule has 1 aromatic rings. The van der Waals surface area contributed by atoms with Crippen LogP contribution >= 0.6 is 0 Å². The Labute approximate surface area is 103 Å². The van der Waals surface area contributed by atoms with Crippen LogP contribution in [0.1, 0.15) is 19.7 Å². The monoisotopic (exact) mass is 238 g/mol. The summed E-state index contributed by atoms with van der Waals surface area (Å²) < 4.78 is 1.98. The van der Waals surface area contributed by atoms with Crippen LogP contribution in [-0.4, -0.2) is 34.0 Å². The van der Waals surface area contributed by atoms with Crippen LogP contribution in [0.5, 0.6) is 0 Å². The predicted octanol–water partition coefficient (Wildman–Crippen LogP) is 0.327. The van der Waals surface area contributed by atoms with Crippen molar-refractivity contribution in [2.45, 2.75) is 20.4 Å². The lowest BCUT2D eigenvalue weighted by Crippen LogP contribution is -2.43. The highest BCUT2D eigenvalue weighted by Gasteiger charge is 2.08. The van der Waals surface area contributed by atoms with Gasteiger partial charge in [0.25, 0.3) is 0 Å². The van der Waals surface area contributed by atoms with Crippen LogP contribution < -0.4 is 11.3 Å². The maximum atomic E-state index is 5.48. The van der Waals surface area contributed by atoms with Gasteiger partial charge in [0, 0.05) is 33.0 Å². The number of hydrogen-bond donors (Lipinski definition) is 2. The lowest BCUT2D eigenvalue weighted by Gasteiger charge is -2.20. The van der Waals surface area contributed by atoms with E-state index >= 15 is 0 Å². The summed E-state index contributed by atoms with van der Waals surface area (Å²) in [5.41, 5.74) is 2.63. The van der Waals surface area contributed by atoms with Crippen LogP contribution in [-0.2, 0) is 13.6 Å². The fourth-order valence-corrected chi connectivity index (χ4v) is 1.38. The molecule has 0 unspecified atom stereocenters. The van der Waals surface area contributed by atoms with Gasteiger partial charge in [-0.1, -0.05) is 13.8 Å². The van der Waals surface area contributed by atoms with Crippen molar-refractivity contribution in [3.63, 3.8) is 0 Å². The van der Waals surface area contributed by atoms with Crippen LogP contribution in [0.4, 0.5) is 0 Å². The summed E-state index contributed by atoms with van der Waals surface area (Å²) in [6.45, 7) is 5.67. The molecule has 0 radical (unpaired) electrons. The number of nitrogens with zero attached hydrogens (tertiary/aromatic N) is 4. The lowest BCUT2D eigenvalue weighted by molar-refractivity contribution is 0.451. The van der Waals surface area contributed by atoms with Gasteiger partial charge in [0.05, 0.1) is 6.54 Å². The number of guanidine groups is 1. The second-order valence-corrected chi connectivity index (χ2v) is 4.51. The summed E-state index contributed by atoms with van der Waals surface area (Å²) in [5.74, 6) is 7.65. The lowest BCUT2D eigenvalue weighted by atomic mass is 10.2. The van der Waals surface area contributed by atoms with Gasteiger partial charge >= 0.3 is 0 Å². The summed E-state index contributed by atoms with van der Waals surface area (Å²) in [6, 6.07) is 0. The number of hydrogen-bond acceptors (Lipinski definition) is 3. The highest BCUT2D eigenvalue weighted by Crippen LogP contribution is 2.00. The molecule has 0 aliphatic carbocycles. The second-order valence-electron chi connectivity index (χ2n) is 4.51. The molecular weight excluding hydrogens is 216 g/mol. The highest BCUT2D eigenvalue weighted by molar-refractivity contribution is 5.79. The van der Waals surface area contributed by atoms with Gasteiger partial charge in [0.1, 0.15) is 5.82 Å². The number of aromatic nitrogens is 2. The van der Waals surface area contributed by atoms with E-state index in [0.717, 1.165) is 12.4 Å². The summed E-state index contributed by atoms with van der Waals surface area (Å²) >= 11 is 0. The zero-order valence-corrected chi connectivity index (χ0v) is 11.0. The minimum atomic E-state index is 0.514. The Morgan fingerprint density at radius 2 is 2.35 bits per heavy atom. The van der Waals surface area contributed by atoms with Crippen molar-refractivity contribution in [3.05, 3.63) is 18.2 Å². The van der Waals surface area contributed by atoms with Crippen LogP contribution in [0.2, 0.25) is 0 Å². The summed E-state index contributed by atoms with van der Waals surface area (Å²) in [7, 11) is 3.91. The first kappa shape index (κ1) is 13.5. The Bertz CT molecular complexity index is 368. The Kier molecular flexibility index (Phi) is 4.96. The molecule has 1 aromatic heterocycles. The predicted molar refractivity (Wildman–Crippen MR) is 69.1 cm³/mol. The molecule has 0 aromatic carbocycles. The van der Waals surface area contributed by atoms with Crippen molar-refractivity contribution in [1.29, 1.82) is 0 Å². The molecule has 0 atom stereocenters. The van der Waals surface area contributed by atoms with E-state index in [1.165, 1.54) is 0 Å². The number of aliphatic imine (C=N–C) groups is 1. The van der Waals surface area contributed by atoms with Crippen LogP contribution in [0.15, 0.2) is 17.4 Å². The van der Waals surface area contributed by atoms with E-state index in [1.54, 1.807) is 6.20 Å². The normalized spacial score (nSPS) is 12.0. The van der Waals surface area contributed by atoms with Gasteiger partial charge in [-0.15, -0.1) is 0 Å². The molecule has 1 heterocycles. The van der Waals surface area contributed by atoms with Crippen molar-refractivity contribution >= 4 is 5.96 Å². The van der Waals surface area contributed by atoms with Crippen molar-refractivity contribution in [2.24, 2.45) is 23.8 Å². The number of imidazole rings is 1. The van der Waals surface area contributed by atoms with E-state index in [2.05, 4.69) is 29.2 Å². The fraction of sp³-hybridized carbons (Fsp3) is 0.636. The maximum Gasteiger partial charge on any atom is 0.208 e. The van der Waals surface area contributed by atoms with E-state index in [0.29, 0.717) is 18.4 Å². The van der Waals surface area contributed by atoms with Crippen molar-refractivity contribution < 1.29 is 0 Å². The molecule has 0 saturated carbocycles. The third-order valence-electron chi connectivity index (χ3n) is 2.40. The molecule has 0 fully saturated rings. The molecule has 3 N–H and O–H groups in total. The van der Waals surface area contributed by atoms with E-state index in [9.17, 15) is 0 Å². The molecular formula is C11H22N6. The minimum Gasteiger partial charge on any atom is -0.338 e. The third kappa shape index (κ3) is 4.07. The largest absolute Gasteiger partial charge is 0.338 e. The number of rotatable bonds is 4. The summed E-state index contributed by atoms with van der Waals surface area (Å²) in [4.78, 5) is 10.6. The van der Waals surface area contributed by atoms with Gasteiger partial charge in [-0.05, 0) is 5.92 Å². The summed E-state index contributed by atoms with van der Waals surface area (Å²) in [5, 5.41) is 0. The van der Waals surface area contributed by atoms with Crippen LogP contribution in [0.3, 0.4) is 0 Å². The summed E-state index contributed by atoms with van der Waals surface area (Å²) in [6.07, 6.45) is 3.70. The Morgan fingerprint density at radius 3 is 2.82 bits per heavy atom. The number of aryl methyl sites for hydroxylation is 1. The Hall–Kier alpha value is -1.56. The van der Waals surface area contributed by atoms with Gasteiger partial charge in [0.15, 0.2) is 0 Å². The van der Waals surface area contributed by atoms with Gasteiger partial charge in [-0.3, -0.25) is 10.4 Å². The average Bonchev–Trinajstić information content (AvgIpc) is 2.65. The Balaban J connectivity index is 2.64. The molecule has 0 spiro atoms.